The summed E-state index contributed by atoms with van der Waals surface area (Å²) in [6.45, 7) is 0.366. The summed E-state index contributed by atoms with van der Waals surface area (Å²) >= 11 is 0. The molecule has 0 atom stereocenters. The number of likely N-dealkylation sites (N-methyl/N-ethyl adjacent to an activating group) is 1. The van der Waals surface area contributed by atoms with Gasteiger partial charge in [-0.05, 0) is 29.8 Å². The van der Waals surface area contributed by atoms with Crippen LogP contribution in [-0.2, 0) is 16.1 Å². The van der Waals surface area contributed by atoms with Gasteiger partial charge in [-0.15, -0.1) is 10.2 Å². The fourth-order valence-corrected chi connectivity index (χ4v) is 3.56. The quantitative estimate of drug-likeness (QED) is 0.635. The minimum Gasteiger partial charge on any atom is -0.308 e. The van der Waals surface area contributed by atoms with Gasteiger partial charge in [-0.25, -0.2) is 4.98 Å². The molecule has 2 aliphatic heterocycles. The molecular formula is C22H16N6O2. The molecule has 1 aromatic carbocycles. The van der Waals surface area contributed by atoms with Gasteiger partial charge in [0.05, 0.1) is 17.8 Å². The van der Waals surface area contributed by atoms with Crippen LogP contribution in [0, 0.1) is 0 Å². The predicted octanol–water partition coefficient (Wildman–Crippen LogP) is 2.19. The maximum atomic E-state index is 13.1. The van der Waals surface area contributed by atoms with Gasteiger partial charge < -0.3 is 4.90 Å². The largest absolute Gasteiger partial charge is 0.308 e. The number of benzene rings is 1. The third kappa shape index (κ3) is 2.77. The molecule has 0 radical (unpaired) electrons. The Morgan fingerprint density at radius 2 is 1.57 bits per heavy atom. The van der Waals surface area contributed by atoms with Crippen LogP contribution in [0.3, 0.4) is 0 Å². The fourth-order valence-electron chi connectivity index (χ4n) is 3.56. The summed E-state index contributed by atoms with van der Waals surface area (Å²) < 4.78 is 0. The van der Waals surface area contributed by atoms with Crippen LogP contribution in [0.1, 0.15) is 16.8 Å². The van der Waals surface area contributed by atoms with Gasteiger partial charge in [-0.3, -0.25) is 19.5 Å². The standard InChI is InChI=1S/C22H16N6O2/c1-27-16-10-6-11-23-18(16)19(21(27)29)26-25-17-15-9-5-12-24-20(15)28(22(17)30)13-14-7-3-2-4-8-14/h2-12H,13H2,1H3/b25-17-,26-19?. The van der Waals surface area contributed by atoms with E-state index in [-0.39, 0.29) is 23.2 Å². The number of anilines is 2. The number of hydrogen-bond acceptors (Lipinski definition) is 6. The highest BCUT2D eigenvalue weighted by Gasteiger charge is 2.36. The molecule has 0 spiro atoms. The molecule has 8 heteroatoms. The second kappa shape index (κ2) is 7.00. The van der Waals surface area contributed by atoms with E-state index in [2.05, 4.69) is 20.2 Å². The molecule has 3 aromatic rings. The van der Waals surface area contributed by atoms with Crippen molar-refractivity contribution in [2.24, 2.45) is 10.2 Å². The highest BCUT2D eigenvalue weighted by Crippen LogP contribution is 2.29. The Balaban J connectivity index is 1.55. The zero-order chi connectivity index (χ0) is 20.7. The maximum Gasteiger partial charge on any atom is 0.281 e. The van der Waals surface area contributed by atoms with Crippen molar-refractivity contribution in [1.82, 2.24) is 9.97 Å². The summed E-state index contributed by atoms with van der Waals surface area (Å²) in [6, 6.07) is 16.7. The molecule has 2 aromatic heterocycles. The molecule has 8 nitrogen and oxygen atoms in total. The Bertz CT molecular complexity index is 1240. The fraction of sp³-hybridized carbons (Fsp3) is 0.0909. The molecule has 5 rings (SSSR count). The third-order valence-corrected chi connectivity index (χ3v) is 5.06. The van der Waals surface area contributed by atoms with Gasteiger partial charge in [-0.2, -0.15) is 0 Å². The van der Waals surface area contributed by atoms with Crippen molar-refractivity contribution in [2.75, 3.05) is 16.8 Å². The average molecular weight is 396 g/mol. The number of hydrogen-bond donors (Lipinski definition) is 0. The van der Waals surface area contributed by atoms with E-state index < -0.39 is 0 Å². The van der Waals surface area contributed by atoms with Crippen molar-refractivity contribution in [2.45, 2.75) is 6.54 Å². The number of carbonyl (C=O) groups excluding carboxylic acids is 2. The van der Waals surface area contributed by atoms with E-state index >= 15 is 0 Å². The van der Waals surface area contributed by atoms with Crippen molar-refractivity contribution < 1.29 is 9.59 Å². The molecular weight excluding hydrogens is 380 g/mol. The number of fused-ring (bicyclic) bond motifs is 2. The lowest BCUT2D eigenvalue weighted by Crippen LogP contribution is -2.30. The number of nitrogens with zero attached hydrogens (tertiary/aromatic N) is 6. The van der Waals surface area contributed by atoms with E-state index in [4.69, 9.17) is 0 Å². The van der Waals surface area contributed by atoms with Crippen LogP contribution < -0.4 is 9.80 Å². The SMILES string of the molecule is CN1C(=O)C(=N/N=C2\C(=O)N(Cc3ccccc3)c3ncccc32)c2ncccc21. The zero-order valence-electron chi connectivity index (χ0n) is 16.1. The summed E-state index contributed by atoms with van der Waals surface area (Å²) in [7, 11) is 1.65. The molecule has 0 saturated carbocycles. The Hall–Kier alpha value is -4.20. The minimum atomic E-state index is -0.314. The van der Waals surface area contributed by atoms with E-state index in [1.807, 2.05) is 30.3 Å². The van der Waals surface area contributed by atoms with E-state index in [0.29, 0.717) is 29.3 Å². The molecule has 0 aliphatic carbocycles. The van der Waals surface area contributed by atoms with Crippen molar-refractivity contribution in [3.63, 3.8) is 0 Å². The summed E-state index contributed by atoms with van der Waals surface area (Å²) in [6.07, 6.45) is 3.23. The van der Waals surface area contributed by atoms with Crippen LogP contribution in [0.2, 0.25) is 0 Å². The molecule has 0 bridgehead atoms. The summed E-state index contributed by atoms with van der Waals surface area (Å²) in [5.74, 6) is -0.0957. The third-order valence-electron chi connectivity index (χ3n) is 5.06. The van der Waals surface area contributed by atoms with Crippen LogP contribution in [0.25, 0.3) is 0 Å². The van der Waals surface area contributed by atoms with Crippen LogP contribution in [-0.4, -0.2) is 40.3 Å². The Morgan fingerprint density at radius 1 is 0.833 bits per heavy atom. The Kier molecular flexibility index (Phi) is 4.17. The first-order valence-electron chi connectivity index (χ1n) is 9.35. The molecule has 4 heterocycles. The summed E-state index contributed by atoms with van der Waals surface area (Å²) in [4.78, 5) is 37.4. The molecule has 2 amide bonds. The maximum absolute atomic E-state index is 13.1. The number of aromatic nitrogens is 2. The molecule has 0 unspecified atom stereocenters. The molecule has 2 aliphatic rings. The van der Waals surface area contributed by atoms with Crippen LogP contribution >= 0.6 is 0 Å². The van der Waals surface area contributed by atoms with Gasteiger partial charge in [0, 0.05) is 19.4 Å². The highest BCUT2D eigenvalue weighted by molar-refractivity contribution is 6.55. The molecule has 30 heavy (non-hydrogen) atoms. The molecule has 0 fully saturated rings. The van der Waals surface area contributed by atoms with Crippen LogP contribution in [0.5, 0.6) is 0 Å². The summed E-state index contributed by atoms with van der Waals surface area (Å²) in [5.41, 5.74) is 2.93. The van der Waals surface area contributed by atoms with Crippen molar-refractivity contribution in [1.29, 1.82) is 0 Å². The van der Waals surface area contributed by atoms with Crippen LogP contribution in [0.4, 0.5) is 11.5 Å². The second-order valence-corrected chi connectivity index (χ2v) is 6.88. The van der Waals surface area contributed by atoms with Gasteiger partial charge in [0.25, 0.3) is 11.8 Å². The number of amides is 2. The number of carbonyl (C=O) groups is 2. The number of rotatable bonds is 3. The topological polar surface area (TPSA) is 91.1 Å². The van der Waals surface area contributed by atoms with Gasteiger partial charge >= 0.3 is 0 Å². The number of pyridine rings is 2. The summed E-state index contributed by atoms with van der Waals surface area (Å²) in [5, 5.41) is 8.33. The van der Waals surface area contributed by atoms with E-state index in [1.165, 1.54) is 4.90 Å². The van der Waals surface area contributed by atoms with E-state index in [1.54, 1.807) is 48.6 Å². The molecule has 146 valence electrons. The lowest BCUT2D eigenvalue weighted by atomic mass is 10.2. The lowest BCUT2D eigenvalue weighted by molar-refractivity contribution is -0.113. The van der Waals surface area contributed by atoms with E-state index in [0.717, 1.165) is 5.56 Å². The normalized spacial score (nSPS) is 17.8. The smallest absolute Gasteiger partial charge is 0.281 e. The predicted molar refractivity (Wildman–Crippen MR) is 113 cm³/mol. The molecule has 0 saturated heterocycles. The van der Waals surface area contributed by atoms with Crippen LogP contribution in [0.15, 0.2) is 77.2 Å². The first-order valence-corrected chi connectivity index (χ1v) is 9.35. The monoisotopic (exact) mass is 396 g/mol. The zero-order valence-corrected chi connectivity index (χ0v) is 16.1. The van der Waals surface area contributed by atoms with Crippen molar-refractivity contribution in [3.8, 4) is 0 Å². The Labute approximate surface area is 172 Å². The van der Waals surface area contributed by atoms with Crippen molar-refractivity contribution >= 4 is 34.7 Å². The molecule has 0 N–H and O–H groups in total. The van der Waals surface area contributed by atoms with Gasteiger partial charge in [0.15, 0.2) is 11.4 Å². The van der Waals surface area contributed by atoms with Gasteiger partial charge in [-0.1, -0.05) is 30.3 Å². The average Bonchev–Trinajstić information content (AvgIpc) is 3.19. The van der Waals surface area contributed by atoms with Crippen molar-refractivity contribution in [3.05, 3.63) is 83.8 Å². The first kappa shape index (κ1) is 17.9. The highest BCUT2D eigenvalue weighted by atomic mass is 16.2. The first-order chi connectivity index (χ1) is 14.6. The Morgan fingerprint density at radius 3 is 2.40 bits per heavy atom. The van der Waals surface area contributed by atoms with Gasteiger partial charge in [0.2, 0.25) is 0 Å². The lowest BCUT2D eigenvalue weighted by Gasteiger charge is -2.15. The second-order valence-electron chi connectivity index (χ2n) is 6.88. The minimum absolute atomic E-state index is 0.111. The van der Waals surface area contributed by atoms with E-state index in [9.17, 15) is 9.59 Å². The van der Waals surface area contributed by atoms with Gasteiger partial charge in [0.1, 0.15) is 11.5 Å².